The van der Waals surface area contributed by atoms with Crippen LogP contribution in [0, 0.1) is 0 Å². The third-order valence-electron chi connectivity index (χ3n) is 2.52. The highest BCUT2D eigenvalue weighted by molar-refractivity contribution is 5.84. The van der Waals surface area contributed by atoms with E-state index in [0.717, 1.165) is 22.3 Å². The van der Waals surface area contributed by atoms with Crippen LogP contribution < -0.4 is 0 Å². The van der Waals surface area contributed by atoms with Gasteiger partial charge in [-0.2, -0.15) is 0 Å². The first-order valence-electron chi connectivity index (χ1n) is 5.76. The molecule has 0 aromatic heterocycles. The average molecular weight is 266 g/mol. The van der Waals surface area contributed by atoms with Crippen molar-refractivity contribution in [3.8, 4) is 0 Å². The molecule has 106 valence electrons. The van der Waals surface area contributed by atoms with Crippen LogP contribution in [0.15, 0.2) is 98.2 Å². The van der Waals surface area contributed by atoms with Gasteiger partial charge in [-0.3, -0.25) is 0 Å². The summed E-state index contributed by atoms with van der Waals surface area (Å²) >= 11 is 0. The molecule has 1 aromatic carbocycles. The molecule has 1 aromatic rings. The summed E-state index contributed by atoms with van der Waals surface area (Å²) in [5.41, 5.74) is 3.89. The zero-order chi connectivity index (χ0) is 13.4. The summed E-state index contributed by atoms with van der Waals surface area (Å²) in [5.74, 6) is 0. The van der Waals surface area contributed by atoms with Crippen molar-refractivity contribution in [3.05, 3.63) is 104 Å². The monoisotopic (exact) mass is 266 g/mol. The zero-order valence-corrected chi connectivity index (χ0v) is 10.6. The van der Waals surface area contributed by atoms with E-state index in [1.807, 2.05) is 48.6 Å². The number of hydrogen-bond acceptors (Lipinski definition) is 0. The van der Waals surface area contributed by atoms with Crippen molar-refractivity contribution in [1.29, 1.82) is 0 Å². The Labute approximate surface area is 124 Å². The molecule has 0 saturated carbocycles. The minimum Gasteiger partial charge on any atom is -0.0991 e. The van der Waals surface area contributed by atoms with Gasteiger partial charge < -0.3 is 0 Å². The molecule has 0 heteroatoms. The topological polar surface area (TPSA) is 0 Å². The van der Waals surface area contributed by atoms with Crippen LogP contribution in [0.2, 0.25) is 0 Å². The molecule has 1 rings (SSSR count). The molecule has 0 fully saturated rings. The van der Waals surface area contributed by atoms with E-state index in [1.165, 1.54) is 0 Å². The van der Waals surface area contributed by atoms with Gasteiger partial charge in [0.15, 0.2) is 0 Å². The van der Waals surface area contributed by atoms with Gasteiger partial charge in [-0.15, -0.1) is 0 Å². The van der Waals surface area contributed by atoms with E-state index in [-0.39, 0.29) is 14.9 Å². The van der Waals surface area contributed by atoms with Gasteiger partial charge >= 0.3 is 0 Å². The summed E-state index contributed by atoms with van der Waals surface area (Å²) in [6.45, 7) is 15.5. The molecule has 0 spiro atoms. The lowest BCUT2D eigenvalue weighted by Gasteiger charge is -2.11. The van der Waals surface area contributed by atoms with E-state index in [9.17, 15) is 0 Å². The van der Waals surface area contributed by atoms with Gasteiger partial charge in [0.1, 0.15) is 0 Å². The fourth-order valence-electron chi connectivity index (χ4n) is 1.56. The highest BCUT2D eigenvalue weighted by atomic mass is 14.1. The first-order valence-corrected chi connectivity index (χ1v) is 5.76. The first kappa shape index (κ1) is 20.0. The number of allylic oxidation sites excluding steroid dienone is 8. The molecule has 20 heavy (non-hydrogen) atoms. The summed E-state index contributed by atoms with van der Waals surface area (Å²) in [4.78, 5) is 0. The van der Waals surface area contributed by atoms with Crippen LogP contribution in [-0.4, -0.2) is 0 Å². The molecule has 0 saturated heterocycles. The molecule has 0 bridgehead atoms. The Bertz CT molecular complexity index is 510. The number of benzene rings is 1. The van der Waals surface area contributed by atoms with Crippen LogP contribution in [-0.2, 0) is 0 Å². The highest BCUT2D eigenvalue weighted by Gasteiger charge is 2.06. The summed E-state index contributed by atoms with van der Waals surface area (Å²) < 4.78 is 0. The summed E-state index contributed by atoms with van der Waals surface area (Å²) in [5, 5.41) is 0. The Balaban J connectivity index is 0. The second kappa shape index (κ2) is 10.6. The van der Waals surface area contributed by atoms with Crippen molar-refractivity contribution in [1.82, 2.24) is 0 Å². The van der Waals surface area contributed by atoms with E-state index in [2.05, 4.69) is 26.3 Å². The minimum atomic E-state index is 0. The SMILES string of the molecule is C.C.C=C/C=C\C(=C)C(=C)/C(=C\C=C)c1ccccc1. The van der Waals surface area contributed by atoms with Crippen LogP contribution in [0.3, 0.4) is 0 Å². The van der Waals surface area contributed by atoms with E-state index in [1.54, 1.807) is 12.2 Å². The molecule has 0 aliphatic carbocycles. The van der Waals surface area contributed by atoms with Crippen LogP contribution in [0.4, 0.5) is 0 Å². The van der Waals surface area contributed by atoms with Gasteiger partial charge in [0.2, 0.25) is 0 Å². The van der Waals surface area contributed by atoms with Gasteiger partial charge in [0.25, 0.3) is 0 Å². The van der Waals surface area contributed by atoms with Gasteiger partial charge in [0, 0.05) is 0 Å². The third kappa shape index (κ3) is 5.53. The Morgan fingerprint density at radius 3 is 2.00 bits per heavy atom. The van der Waals surface area contributed by atoms with E-state index in [4.69, 9.17) is 0 Å². The van der Waals surface area contributed by atoms with E-state index >= 15 is 0 Å². The Hall–Kier alpha value is -2.34. The Morgan fingerprint density at radius 2 is 1.50 bits per heavy atom. The number of rotatable bonds is 6. The van der Waals surface area contributed by atoms with Crippen molar-refractivity contribution in [2.45, 2.75) is 14.9 Å². The minimum absolute atomic E-state index is 0. The summed E-state index contributed by atoms with van der Waals surface area (Å²) in [7, 11) is 0. The van der Waals surface area contributed by atoms with Gasteiger partial charge in [-0.25, -0.2) is 0 Å². The van der Waals surface area contributed by atoms with Crippen LogP contribution in [0.1, 0.15) is 20.4 Å². The molecule has 0 heterocycles. The fraction of sp³-hybridized carbons (Fsp3) is 0.100. The molecular weight excluding hydrogens is 240 g/mol. The fourth-order valence-corrected chi connectivity index (χ4v) is 1.56. The van der Waals surface area contributed by atoms with Gasteiger partial charge in [0.05, 0.1) is 0 Å². The largest absolute Gasteiger partial charge is 0.0991 e. The first-order chi connectivity index (χ1) is 8.70. The molecular formula is C20H26. The molecule has 0 aliphatic rings. The van der Waals surface area contributed by atoms with Gasteiger partial charge in [-0.1, -0.05) is 102 Å². The van der Waals surface area contributed by atoms with E-state index in [0.29, 0.717) is 0 Å². The zero-order valence-electron chi connectivity index (χ0n) is 10.6. The Kier molecular flexibility index (Phi) is 10.6. The number of hydrogen-bond donors (Lipinski definition) is 0. The van der Waals surface area contributed by atoms with Crippen molar-refractivity contribution in [2.75, 3.05) is 0 Å². The predicted octanol–water partition coefficient (Wildman–Crippen LogP) is 6.38. The maximum absolute atomic E-state index is 4.10. The highest BCUT2D eigenvalue weighted by Crippen LogP contribution is 2.27. The van der Waals surface area contributed by atoms with Crippen molar-refractivity contribution < 1.29 is 0 Å². The second-order valence-corrected chi connectivity index (χ2v) is 3.78. The molecule has 0 aliphatic heterocycles. The molecule has 0 amide bonds. The average Bonchev–Trinajstić information content (AvgIpc) is 2.42. The predicted molar refractivity (Wildman–Crippen MR) is 95.7 cm³/mol. The third-order valence-corrected chi connectivity index (χ3v) is 2.52. The maximum atomic E-state index is 4.10. The quantitative estimate of drug-likeness (QED) is 0.524. The Morgan fingerprint density at radius 1 is 0.900 bits per heavy atom. The molecule has 0 atom stereocenters. The van der Waals surface area contributed by atoms with Crippen LogP contribution in [0.25, 0.3) is 5.57 Å². The standard InChI is InChI=1S/C18H18.2CH4/c1-5-7-12-15(3)16(4)18(11-6-2)17-13-9-8-10-14-17;;/h5-14H,1-4H2;2*1H4/b12-7-,18-11+;;. The van der Waals surface area contributed by atoms with Crippen molar-refractivity contribution >= 4 is 5.57 Å². The molecule has 0 radical (unpaired) electrons. The lowest BCUT2D eigenvalue weighted by Crippen LogP contribution is -1.90. The van der Waals surface area contributed by atoms with Crippen molar-refractivity contribution in [2.24, 2.45) is 0 Å². The normalized spacial score (nSPS) is 10.1. The second-order valence-electron chi connectivity index (χ2n) is 3.78. The molecule has 0 N–H and O–H groups in total. The maximum Gasteiger partial charge on any atom is -0.0112 e. The lowest BCUT2D eigenvalue weighted by atomic mass is 9.93. The van der Waals surface area contributed by atoms with Gasteiger partial charge in [-0.05, 0) is 22.3 Å². The van der Waals surface area contributed by atoms with Crippen molar-refractivity contribution in [3.63, 3.8) is 0 Å². The molecule has 0 nitrogen and oxygen atoms in total. The lowest BCUT2D eigenvalue weighted by molar-refractivity contribution is 1.54. The smallest absolute Gasteiger partial charge is 0.0112 e. The molecule has 0 unspecified atom stereocenters. The van der Waals surface area contributed by atoms with Crippen LogP contribution >= 0.6 is 0 Å². The van der Waals surface area contributed by atoms with E-state index < -0.39 is 0 Å². The summed E-state index contributed by atoms with van der Waals surface area (Å²) in [6, 6.07) is 10.1. The van der Waals surface area contributed by atoms with Crippen LogP contribution in [0.5, 0.6) is 0 Å². The summed E-state index contributed by atoms with van der Waals surface area (Å²) in [6.07, 6.45) is 9.18.